The van der Waals surface area contributed by atoms with Crippen molar-refractivity contribution in [1.29, 1.82) is 0 Å². The van der Waals surface area contributed by atoms with Crippen molar-refractivity contribution in [2.45, 2.75) is 13.3 Å². The first-order chi connectivity index (χ1) is 11.7. The zero-order chi connectivity index (χ0) is 16.8. The lowest BCUT2D eigenvalue weighted by atomic mass is 10.0. The fourth-order valence-electron chi connectivity index (χ4n) is 2.43. The summed E-state index contributed by atoms with van der Waals surface area (Å²) in [5.41, 5.74) is 8.78. The third kappa shape index (κ3) is 4.56. The minimum Gasteiger partial charge on any atom is -0.278 e. The van der Waals surface area contributed by atoms with Crippen molar-refractivity contribution < 1.29 is 0 Å². The van der Waals surface area contributed by atoms with E-state index in [0.717, 1.165) is 27.9 Å². The highest BCUT2D eigenvalue weighted by Gasteiger charge is 2.00. The topological polar surface area (TPSA) is 24.4 Å². The van der Waals surface area contributed by atoms with Crippen molar-refractivity contribution in [2.75, 3.05) is 5.43 Å². The molecule has 0 aliphatic heterocycles. The Morgan fingerprint density at radius 1 is 0.833 bits per heavy atom. The third-order valence-electron chi connectivity index (χ3n) is 3.82. The molecule has 0 aliphatic carbocycles. The molecule has 0 unspecified atom stereocenters. The van der Waals surface area contributed by atoms with Gasteiger partial charge in [0.25, 0.3) is 0 Å². The first kappa shape index (κ1) is 16.5. The van der Waals surface area contributed by atoms with E-state index in [1.807, 2.05) is 37.3 Å². The standard InChI is InChI=1S/C21H19BrN2/c1-16(23-24-21-13-11-20(22)12-14-21)19-9-7-18(8-10-19)15-17-5-3-2-4-6-17/h2-14,24H,15H2,1H3/b23-16+. The van der Waals surface area contributed by atoms with Gasteiger partial charge in [-0.3, -0.25) is 5.43 Å². The lowest BCUT2D eigenvalue weighted by molar-refractivity contribution is 1.19. The minimum atomic E-state index is 0.953. The van der Waals surface area contributed by atoms with Gasteiger partial charge in [0.15, 0.2) is 0 Å². The van der Waals surface area contributed by atoms with E-state index in [0.29, 0.717) is 0 Å². The van der Waals surface area contributed by atoms with Gasteiger partial charge in [-0.2, -0.15) is 5.10 Å². The molecule has 120 valence electrons. The number of hydrogen-bond donors (Lipinski definition) is 1. The average molecular weight is 379 g/mol. The molecule has 3 rings (SSSR count). The molecule has 0 saturated heterocycles. The lowest BCUT2D eigenvalue weighted by Crippen LogP contribution is -2.00. The molecule has 0 saturated carbocycles. The van der Waals surface area contributed by atoms with Crippen molar-refractivity contribution >= 4 is 27.3 Å². The fourth-order valence-corrected chi connectivity index (χ4v) is 2.70. The van der Waals surface area contributed by atoms with E-state index in [2.05, 4.69) is 75.0 Å². The van der Waals surface area contributed by atoms with Crippen LogP contribution in [0.1, 0.15) is 23.6 Å². The largest absolute Gasteiger partial charge is 0.278 e. The molecule has 0 aliphatic rings. The maximum atomic E-state index is 4.46. The lowest BCUT2D eigenvalue weighted by Gasteiger charge is -2.06. The zero-order valence-electron chi connectivity index (χ0n) is 13.5. The molecular formula is C21H19BrN2. The number of nitrogens with one attached hydrogen (secondary N) is 1. The monoisotopic (exact) mass is 378 g/mol. The summed E-state index contributed by atoms with van der Waals surface area (Å²) in [7, 11) is 0. The number of benzene rings is 3. The maximum absolute atomic E-state index is 4.46. The average Bonchev–Trinajstić information content (AvgIpc) is 2.62. The van der Waals surface area contributed by atoms with Gasteiger partial charge in [-0.1, -0.05) is 70.5 Å². The summed E-state index contributed by atoms with van der Waals surface area (Å²) in [5, 5.41) is 4.46. The van der Waals surface area contributed by atoms with Gasteiger partial charge in [0.05, 0.1) is 11.4 Å². The quantitative estimate of drug-likeness (QED) is 0.435. The molecular weight excluding hydrogens is 360 g/mol. The van der Waals surface area contributed by atoms with E-state index >= 15 is 0 Å². The molecule has 0 radical (unpaired) electrons. The van der Waals surface area contributed by atoms with E-state index in [9.17, 15) is 0 Å². The van der Waals surface area contributed by atoms with Crippen LogP contribution in [0.5, 0.6) is 0 Å². The summed E-state index contributed by atoms with van der Waals surface area (Å²) in [5.74, 6) is 0. The minimum absolute atomic E-state index is 0.953. The smallest absolute Gasteiger partial charge is 0.0648 e. The Kier molecular flexibility index (Phi) is 5.44. The highest BCUT2D eigenvalue weighted by molar-refractivity contribution is 9.10. The summed E-state index contributed by atoms with van der Waals surface area (Å²) < 4.78 is 1.06. The first-order valence-electron chi connectivity index (χ1n) is 7.90. The SMILES string of the molecule is C/C(=N\Nc1ccc(Br)cc1)c1ccc(Cc2ccccc2)cc1. The maximum Gasteiger partial charge on any atom is 0.0648 e. The van der Waals surface area contributed by atoms with Crippen LogP contribution in [0.4, 0.5) is 5.69 Å². The molecule has 0 bridgehead atoms. The van der Waals surface area contributed by atoms with E-state index < -0.39 is 0 Å². The van der Waals surface area contributed by atoms with Gasteiger partial charge in [0.1, 0.15) is 0 Å². The highest BCUT2D eigenvalue weighted by atomic mass is 79.9. The number of halogens is 1. The van der Waals surface area contributed by atoms with Crippen molar-refractivity contribution in [2.24, 2.45) is 5.10 Å². The van der Waals surface area contributed by atoms with E-state index in [-0.39, 0.29) is 0 Å². The van der Waals surface area contributed by atoms with E-state index in [1.165, 1.54) is 11.1 Å². The van der Waals surface area contributed by atoms with Crippen LogP contribution in [0.2, 0.25) is 0 Å². The molecule has 2 nitrogen and oxygen atoms in total. The number of rotatable bonds is 5. The van der Waals surface area contributed by atoms with Crippen molar-refractivity contribution in [3.8, 4) is 0 Å². The van der Waals surface area contributed by atoms with E-state index in [1.54, 1.807) is 0 Å². The summed E-state index contributed by atoms with van der Waals surface area (Å²) in [6.07, 6.45) is 0.953. The number of hydrogen-bond acceptors (Lipinski definition) is 2. The Balaban J connectivity index is 1.65. The number of anilines is 1. The van der Waals surface area contributed by atoms with Gasteiger partial charge in [0.2, 0.25) is 0 Å². The number of nitrogens with zero attached hydrogens (tertiary/aromatic N) is 1. The summed E-state index contributed by atoms with van der Waals surface area (Å²) in [4.78, 5) is 0. The predicted molar refractivity (Wildman–Crippen MR) is 106 cm³/mol. The molecule has 0 amide bonds. The Morgan fingerprint density at radius 3 is 2.12 bits per heavy atom. The molecule has 3 aromatic carbocycles. The Morgan fingerprint density at radius 2 is 1.46 bits per heavy atom. The van der Waals surface area contributed by atoms with Crippen molar-refractivity contribution in [1.82, 2.24) is 0 Å². The summed E-state index contributed by atoms with van der Waals surface area (Å²) >= 11 is 3.43. The van der Waals surface area contributed by atoms with Crippen molar-refractivity contribution in [3.63, 3.8) is 0 Å². The highest BCUT2D eigenvalue weighted by Crippen LogP contribution is 2.15. The number of hydrazone groups is 1. The molecule has 0 aromatic heterocycles. The van der Waals surface area contributed by atoms with Gasteiger partial charge in [-0.15, -0.1) is 0 Å². The van der Waals surface area contributed by atoms with Gasteiger partial charge in [0, 0.05) is 4.47 Å². The second kappa shape index (κ2) is 7.93. The molecule has 0 atom stereocenters. The molecule has 0 fully saturated rings. The van der Waals surface area contributed by atoms with Crippen LogP contribution in [0.3, 0.4) is 0 Å². The van der Waals surface area contributed by atoms with Crippen LogP contribution >= 0.6 is 15.9 Å². The fraction of sp³-hybridized carbons (Fsp3) is 0.0952. The second-order valence-electron chi connectivity index (χ2n) is 5.68. The van der Waals surface area contributed by atoms with Crippen LogP contribution in [-0.2, 0) is 6.42 Å². The van der Waals surface area contributed by atoms with E-state index in [4.69, 9.17) is 0 Å². The zero-order valence-corrected chi connectivity index (χ0v) is 15.1. The second-order valence-corrected chi connectivity index (χ2v) is 6.59. The molecule has 24 heavy (non-hydrogen) atoms. The van der Waals surface area contributed by atoms with Gasteiger partial charge in [-0.05, 0) is 54.3 Å². The molecule has 0 heterocycles. The molecule has 0 spiro atoms. The Hall–Kier alpha value is -2.39. The van der Waals surface area contributed by atoms with Gasteiger partial charge < -0.3 is 0 Å². The van der Waals surface area contributed by atoms with Crippen LogP contribution < -0.4 is 5.43 Å². The molecule has 1 N–H and O–H groups in total. The van der Waals surface area contributed by atoms with Crippen LogP contribution in [0.15, 0.2) is 88.4 Å². The molecule has 3 aromatic rings. The Labute approximate surface area is 151 Å². The van der Waals surface area contributed by atoms with Crippen LogP contribution in [-0.4, -0.2) is 5.71 Å². The van der Waals surface area contributed by atoms with Crippen LogP contribution in [0.25, 0.3) is 0 Å². The Bertz CT molecular complexity index is 807. The van der Waals surface area contributed by atoms with Crippen LogP contribution in [0, 0.1) is 0 Å². The normalized spacial score (nSPS) is 11.3. The van der Waals surface area contributed by atoms with Gasteiger partial charge in [-0.25, -0.2) is 0 Å². The summed E-state index contributed by atoms with van der Waals surface area (Å²) in [6.45, 7) is 2.01. The summed E-state index contributed by atoms with van der Waals surface area (Å²) in [6, 6.07) is 27.1. The molecule has 3 heteroatoms. The third-order valence-corrected chi connectivity index (χ3v) is 4.35. The predicted octanol–water partition coefficient (Wildman–Crippen LogP) is 5.88. The van der Waals surface area contributed by atoms with Gasteiger partial charge >= 0.3 is 0 Å². The van der Waals surface area contributed by atoms with Crippen molar-refractivity contribution in [3.05, 3.63) is 100 Å². The first-order valence-corrected chi connectivity index (χ1v) is 8.69.